The van der Waals surface area contributed by atoms with Crippen molar-refractivity contribution in [2.45, 2.75) is 0 Å². The number of benzene rings is 1. The number of nitrogens with zero attached hydrogens (tertiary/aromatic N) is 4. The van der Waals surface area contributed by atoms with Crippen LogP contribution in [0.2, 0.25) is 0 Å². The van der Waals surface area contributed by atoms with Gasteiger partial charge in [-0.15, -0.1) is 0 Å². The number of carboxylic acid groups (broad SMARTS) is 1. The molecule has 0 spiro atoms. The molecule has 1 saturated heterocycles. The molecule has 3 rings (SSSR count). The van der Waals surface area contributed by atoms with Crippen LogP contribution in [0.25, 0.3) is 5.69 Å². The first kappa shape index (κ1) is 14.5. The predicted molar refractivity (Wildman–Crippen MR) is 79.8 cm³/mol. The molecule has 22 heavy (non-hydrogen) atoms. The summed E-state index contributed by atoms with van der Waals surface area (Å²) in [5, 5.41) is 8.83. The summed E-state index contributed by atoms with van der Waals surface area (Å²) in [6.45, 7) is 2.79. The summed E-state index contributed by atoms with van der Waals surface area (Å²) in [6, 6.07) is 6.37. The number of imidazole rings is 1. The number of aliphatic carboxylic acids is 1. The standard InChI is InChI=1S/C15H17FN4O2/c16-12-2-1-3-13(10-12)20-5-4-17-15(20)19-8-6-18(7-9-19)11-14(21)22/h1-5,10H,6-9,11H2,(H,21,22). The Morgan fingerprint density at radius 3 is 2.73 bits per heavy atom. The highest BCUT2D eigenvalue weighted by Crippen LogP contribution is 2.20. The molecule has 1 aromatic heterocycles. The molecule has 0 amide bonds. The fraction of sp³-hybridized carbons (Fsp3) is 0.333. The fourth-order valence-corrected chi connectivity index (χ4v) is 2.65. The number of aromatic nitrogens is 2. The minimum atomic E-state index is -0.810. The second-order valence-corrected chi connectivity index (χ2v) is 5.23. The number of hydrogen-bond acceptors (Lipinski definition) is 4. The summed E-state index contributed by atoms with van der Waals surface area (Å²) in [4.78, 5) is 19.1. The lowest BCUT2D eigenvalue weighted by Gasteiger charge is -2.34. The molecule has 1 N–H and O–H groups in total. The quantitative estimate of drug-likeness (QED) is 0.920. The van der Waals surface area contributed by atoms with Gasteiger partial charge in [-0.25, -0.2) is 9.37 Å². The topological polar surface area (TPSA) is 61.6 Å². The first-order chi connectivity index (χ1) is 10.6. The van der Waals surface area contributed by atoms with Crippen molar-refractivity contribution in [1.29, 1.82) is 0 Å². The van der Waals surface area contributed by atoms with Gasteiger partial charge in [0.2, 0.25) is 5.95 Å². The minimum Gasteiger partial charge on any atom is -0.480 e. The Balaban J connectivity index is 1.75. The molecule has 1 aromatic carbocycles. The van der Waals surface area contributed by atoms with Crippen LogP contribution < -0.4 is 4.90 Å². The van der Waals surface area contributed by atoms with E-state index in [-0.39, 0.29) is 12.4 Å². The van der Waals surface area contributed by atoms with Gasteiger partial charge in [0.1, 0.15) is 5.82 Å². The first-order valence-corrected chi connectivity index (χ1v) is 7.12. The van der Waals surface area contributed by atoms with Crippen LogP contribution in [-0.4, -0.2) is 58.3 Å². The van der Waals surface area contributed by atoms with Crippen molar-refractivity contribution in [1.82, 2.24) is 14.5 Å². The molecule has 0 saturated carbocycles. The van der Waals surface area contributed by atoms with Crippen molar-refractivity contribution in [2.75, 3.05) is 37.6 Å². The van der Waals surface area contributed by atoms with Crippen molar-refractivity contribution in [3.63, 3.8) is 0 Å². The van der Waals surface area contributed by atoms with E-state index in [0.29, 0.717) is 26.2 Å². The monoisotopic (exact) mass is 304 g/mol. The molecule has 1 aliphatic rings. The molecule has 0 aliphatic carbocycles. The van der Waals surface area contributed by atoms with Crippen LogP contribution in [0, 0.1) is 5.82 Å². The Morgan fingerprint density at radius 1 is 1.27 bits per heavy atom. The molecule has 2 aromatic rings. The van der Waals surface area contributed by atoms with Gasteiger partial charge in [0.25, 0.3) is 0 Å². The SMILES string of the molecule is O=C(O)CN1CCN(c2nccn2-c2cccc(F)c2)CC1. The lowest BCUT2D eigenvalue weighted by molar-refractivity contribution is -0.138. The Bertz CT molecular complexity index is 665. The number of piperazine rings is 1. The molecule has 1 aliphatic heterocycles. The zero-order chi connectivity index (χ0) is 15.5. The van der Waals surface area contributed by atoms with E-state index in [1.807, 2.05) is 15.5 Å². The zero-order valence-corrected chi connectivity index (χ0v) is 12.0. The van der Waals surface area contributed by atoms with E-state index < -0.39 is 5.97 Å². The van der Waals surface area contributed by atoms with Crippen LogP contribution in [0.1, 0.15) is 0 Å². The van der Waals surface area contributed by atoms with E-state index in [1.165, 1.54) is 12.1 Å². The number of rotatable bonds is 4. The molecule has 0 unspecified atom stereocenters. The number of hydrogen-bond donors (Lipinski definition) is 1. The van der Waals surface area contributed by atoms with Crippen molar-refractivity contribution in [2.24, 2.45) is 0 Å². The van der Waals surface area contributed by atoms with Gasteiger partial charge >= 0.3 is 5.97 Å². The molecule has 6 nitrogen and oxygen atoms in total. The first-order valence-electron chi connectivity index (χ1n) is 7.12. The maximum atomic E-state index is 13.4. The van der Waals surface area contributed by atoms with Crippen LogP contribution in [0.4, 0.5) is 10.3 Å². The van der Waals surface area contributed by atoms with E-state index in [2.05, 4.69) is 9.88 Å². The maximum Gasteiger partial charge on any atom is 0.317 e. The number of carboxylic acids is 1. The average molecular weight is 304 g/mol. The smallest absolute Gasteiger partial charge is 0.317 e. The third-order valence-electron chi connectivity index (χ3n) is 3.72. The van der Waals surface area contributed by atoms with Gasteiger partial charge in [0.05, 0.1) is 12.2 Å². The van der Waals surface area contributed by atoms with Crippen LogP contribution in [0.15, 0.2) is 36.7 Å². The lowest BCUT2D eigenvalue weighted by atomic mass is 10.3. The lowest BCUT2D eigenvalue weighted by Crippen LogP contribution is -2.48. The third kappa shape index (κ3) is 3.09. The Hall–Kier alpha value is -2.41. The van der Waals surface area contributed by atoms with Crippen molar-refractivity contribution < 1.29 is 14.3 Å². The Labute approximate surface area is 127 Å². The Morgan fingerprint density at radius 2 is 2.05 bits per heavy atom. The van der Waals surface area contributed by atoms with Gasteiger partial charge in [-0.2, -0.15) is 0 Å². The van der Waals surface area contributed by atoms with Gasteiger partial charge in [-0.1, -0.05) is 6.07 Å². The predicted octanol–water partition coefficient (Wildman–Crippen LogP) is 1.22. The Kier molecular flexibility index (Phi) is 4.06. The van der Waals surface area contributed by atoms with Gasteiger partial charge in [0, 0.05) is 38.6 Å². The summed E-state index contributed by atoms with van der Waals surface area (Å²) < 4.78 is 15.2. The highest BCUT2D eigenvalue weighted by atomic mass is 19.1. The minimum absolute atomic E-state index is 0.0617. The van der Waals surface area contributed by atoms with Crippen LogP contribution in [0.3, 0.4) is 0 Å². The molecule has 7 heteroatoms. The second kappa shape index (κ2) is 6.15. The van der Waals surface area contributed by atoms with E-state index in [1.54, 1.807) is 18.5 Å². The average Bonchev–Trinajstić information content (AvgIpc) is 2.97. The van der Waals surface area contributed by atoms with Crippen LogP contribution >= 0.6 is 0 Å². The van der Waals surface area contributed by atoms with Gasteiger partial charge in [-0.05, 0) is 18.2 Å². The van der Waals surface area contributed by atoms with Crippen LogP contribution in [0.5, 0.6) is 0 Å². The van der Waals surface area contributed by atoms with Crippen molar-refractivity contribution >= 4 is 11.9 Å². The van der Waals surface area contributed by atoms with E-state index >= 15 is 0 Å². The normalized spacial score (nSPS) is 16.0. The summed E-state index contributed by atoms with van der Waals surface area (Å²) in [6.07, 6.45) is 3.48. The highest BCUT2D eigenvalue weighted by Gasteiger charge is 2.21. The van der Waals surface area contributed by atoms with E-state index in [4.69, 9.17) is 5.11 Å². The zero-order valence-electron chi connectivity index (χ0n) is 12.0. The van der Waals surface area contributed by atoms with Gasteiger partial charge in [-0.3, -0.25) is 14.3 Å². The van der Waals surface area contributed by atoms with E-state index in [0.717, 1.165) is 11.6 Å². The molecule has 0 radical (unpaired) electrons. The summed E-state index contributed by atoms with van der Waals surface area (Å²) >= 11 is 0. The molecule has 0 atom stereocenters. The molecule has 0 bridgehead atoms. The number of halogens is 1. The summed E-state index contributed by atoms with van der Waals surface area (Å²) in [5.74, 6) is -0.348. The fourth-order valence-electron chi connectivity index (χ4n) is 2.65. The number of anilines is 1. The highest BCUT2D eigenvalue weighted by molar-refractivity contribution is 5.69. The maximum absolute atomic E-state index is 13.4. The number of carbonyl (C=O) groups is 1. The van der Waals surface area contributed by atoms with Crippen molar-refractivity contribution in [3.05, 3.63) is 42.5 Å². The van der Waals surface area contributed by atoms with Gasteiger partial charge < -0.3 is 10.0 Å². The molecule has 116 valence electrons. The summed E-state index contributed by atoms with van der Waals surface area (Å²) in [5.41, 5.74) is 0.723. The molecular weight excluding hydrogens is 287 g/mol. The molecule has 2 heterocycles. The third-order valence-corrected chi connectivity index (χ3v) is 3.72. The molecule has 1 fully saturated rings. The largest absolute Gasteiger partial charge is 0.480 e. The van der Waals surface area contributed by atoms with Crippen molar-refractivity contribution in [3.8, 4) is 5.69 Å². The second-order valence-electron chi connectivity index (χ2n) is 5.23. The summed E-state index contributed by atoms with van der Waals surface area (Å²) in [7, 11) is 0. The van der Waals surface area contributed by atoms with Crippen LogP contribution in [-0.2, 0) is 4.79 Å². The van der Waals surface area contributed by atoms with Gasteiger partial charge in [0.15, 0.2) is 0 Å². The molecular formula is C15H17FN4O2. The van der Waals surface area contributed by atoms with E-state index in [9.17, 15) is 9.18 Å².